The fraction of sp³-hybridized carbons (Fsp3) is 0.625. The van der Waals surface area contributed by atoms with Gasteiger partial charge >= 0.3 is 0 Å². The van der Waals surface area contributed by atoms with E-state index in [1.165, 1.54) is 22.4 Å². The molecule has 0 saturated carbocycles. The standard InChI is InChI=1S/C16H27NOS/c1-13-7-8-14(2)15(11-13)19-10-6-5-9-16(3,12-18)17-4/h7-8,11,17-18H,5-6,9-10,12H2,1-4H3. The van der Waals surface area contributed by atoms with E-state index in [1.54, 1.807) is 0 Å². The van der Waals surface area contributed by atoms with E-state index in [-0.39, 0.29) is 12.1 Å². The van der Waals surface area contributed by atoms with Crippen LogP contribution in [0.25, 0.3) is 0 Å². The molecular weight excluding hydrogens is 254 g/mol. The first-order valence-electron chi connectivity index (χ1n) is 7.00. The number of unbranched alkanes of at least 4 members (excludes halogenated alkanes) is 1. The van der Waals surface area contributed by atoms with Crippen LogP contribution in [0.5, 0.6) is 0 Å². The Morgan fingerprint density at radius 1 is 1.26 bits per heavy atom. The molecule has 0 heterocycles. The third-order valence-electron chi connectivity index (χ3n) is 3.68. The van der Waals surface area contributed by atoms with Crippen LogP contribution in [0.15, 0.2) is 23.1 Å². The van der Waals surface area contributed by atoms with Gasteiger partial charge < -0.3 is 10.4 Å². The van der Waals surface area contributed by atoms with Crippen molar-refractivity contribution in [1.82, 2.24) is 5.32 Å². The minimum absolute atomic E-state index is 0.121. The normalized spacial score (nSPS) is 14.4. The first-order chi connectivity index (χ1) is 9.00. The smallest absolute Gasteiger partial charge is 0.0610 e. The number of aliphatic hydroxyl groups is 1. The van der Waals surface area contributed by atoms with E-state index in [1.807, 2.05) is 18.8 Å². The highest BCUT2D eigenvalue weighted by Gasteiger charge is 2.19. The molecule has 0 aliphatic rings. The van der Waals surface area contributed by atoms with E-state index in [0.29, 0.717) is 0 Å². The Bertz CT molecular complexity index is 388. The number of aliphatic hydroxyl groups excluding tert-OH is 1. The zero-order chi connectivity index (χ0) is 14.3. The fourth-order valence-corrected chi connectivity index (χ4v) is 3.08. The second-order valence-corrected chi connectivity index (χ2v) is 6.68. The lowest BCUT2D eigenvalue weighted by Crippen LogP contribution is -2.43. The maximum Gasteiger partial charge on any atom is 0.0610 e. The summed E-state index contributed by atoms with van der Waals surface area (Å²) in [5.74, 6) is 1.15. The lowest BCUT2D eigenvalue weighted by atomic mass is 9.96. The van der Waals surface area contributed by atoms with Crippen LogP contribution in [0, 0.1) is 13.8 Å². The average molecular weight is 281 g/mol. The molecule has 0 spiro atoms. The summed E-state index contributed by atoms with van der Waals surface area (Å²) in [6.07, 6.45) is 3.36. The van der Waals surface area contributed by atoms with Crippen LogP contribution in [0.2, 0.25) is 0 Å². The summed E-state index contributed by atoms with van der Waals surface area (Å²) >= 11 is 1.94. The fourth-order valence-electron chi connectivity index (χ4n) is 1.95. The van der Waals surface area contributed by atoms with Gasteiger partial charge in [-0.1, -0.05) is 24.1 Å². The zero-order valence-corrected chi connectivity index (χ0v) is 13.4. The summed E-state index contributed by atoms with van der Waals surface area (Å²) in [6, 6.07) is 6.63. The summed E-state index contributed by atoms with van der Waals surface area (Å²) in [6.45, 7) is 6.59. The van der Waals surface area contributed by atoms with Gasteiger partial charge in [0.25, 0.3) is 0 Å². The van der Waals surface area contributed by atoms with Crippen molar-refractivity contribution in [2.45, 2.75) is 50.5 Å². The minimum Gasteiger partial charge on any atom is -0.394 e. The zero-order valence-electron chi connectivity index (χ0n) is 12.6. The Kier molecular flexibility index (Phi) is 6.90. The molecule has 0 aromatic heterocycles. The quantitative estimate of drug-likeness (QED) is 0.565. The maximum atomic E-state index is 9.32. The first-order valence-corrected chi connectivity index (χ1v) is 7.99. The number of hydrogen-bond donors (Lipinski definition) is 2. The summed E-state index contributed by atoms with van der Waals surface area (Å²) in [7, 11) is 1.92. The van der Waals surface area contributed by atoms with Gasteiger partial charge in [-0.05, 0) is 58.0 Å². The molecule has 0 aliphatic carbocycles. The largest absolute Gasteiger partial charge is 0.394 e. The van der Waals surface area contributed by atoms with Crippen LogP contribution in [0.4, 0.5) is 0 Å². The topological polar surface area (TPSA) is 32.3 Å². The molecule has 0 fully saturated rings. The molecule has 3 heteroatoms. The van der Waals surface area contributed by atoms with Crippen molar-refractivity contribution in [3.8, 4) is 0 Å². The molecule has 2 nitrogen and oxygen atoms in total. The van der Waals surface area contributed by atoms with E-state index >= 15 is 0 Å². The number of hydrogen-bond acceptors (Lipinski definition) is 3. The number of aryl methyl sites for hydroxylation is 2. The first kappa shape index (κ1) is 16.5. The second kappa shape index (κ2) is 7.93. The predicted octanol–water partition coefficient (Wildman–Crippen LogP) is 3.54. The van der Waals surface area contributed by atoms with Crippen LogP contribution >= 0.6 is 11.8 Å². The van der Waals surface area contributed by atoms with Crippen LogP contribution in [-0.4, -0.2) is 30.1 Å². The Hall–Kier alpha value is -0.510. The molecule has 108 valence electrons. The average Bonchev–Trinajstić information content (AvgIpc) is 2.42. The van der Waals surface area contributed by atoms with Gasteiger partial charge in [0.15, 0.2) is 0 Å². The number of nitrogens with one attached hydrogen (secondary N) is 1. The van der Waals surface area contributed by atoms with Crippen LogP contribution in [-0.2, 0) is 0 Å². The van der Waals surface area contributed by atoms with Gasteiger partial charge in [0.2, 0.25) is 0 Å². The molecule has 0 saturated heterocycles. The van der Waals surface area contributed by atoms with Crippen molar-refractivity contribution < 1.29 is 5.11 Å². The lowest BCUT2D eigenvalue weighted by molar-refractivity contribution is 0.171. The van der Waals surface area contributed by atoms with Crippen molar-refractivity contribution in [1.29, 1.82) is 0 Å². The summed E-state index contributed by atoms with van der Waals surface area (Å²) in [4.78, 5) is 1.40. The highest BCUT2D eigenvalue weighted by atomic mass is 32.2. The number of likely N-dealkylation sites (N-methyl/N-ethyl adjacent to an activating group) is 1. The summed E-state index contributed by atoms with van der Waals surface area (Å²) < 4.78 is 0. The Balaban J connectivity index is 2.29. The third kappa shape index (κ3) is 5.55. The van der Waals surface area contributed by atoms with E-state index in [4.69, 9.17) is 0 Å². The predicted molar refractivity (Wildman–Crippen MR) is 85.0 cm³/mol. The number of thioether (sulfide) groups is 1. The Morgan fingerprint density at radius 3 is 2.63 bits per heavy atom. The van der Waals surface area contributed by atoms with Gasteiger partial charge in [0, 0.05) is 10.4 Å². The Labute approximate surface area is 122 Å². The lowest BCUT2D eigenvalue weighted by Gasteiger charge is -2.26. The van der Waals surface area contributed by atoms with Crippen molar-refractivity contribution in [2.24, 2.45) is 0 Å². The Morgan fingerprint density at radius 2 is 2.00 bits per heavy atom. The van der Waals surface area contributed by atoms with Gasteiger partial charge in [0.05, 0.1) is 6.61 Å². The van der Waals surface area contributed by atoms with Gasteiger partial charge in [-0.2, -0.15) is 0 Å². The van der Waals surface area contributed by atoms with Crippen LogP contribution < -0.4 is 5.32 Å². The highest BCUT2D eigenvalue weighted by molar-refractivity contribution is 7.99. The van der Waals surface area contributed by atoms with Gasteiger partial charge in [-0.25, -0.2) is 0 Å². The van der Waals surface area contributed by atoms with Gasteiger partial charge in [-0.3, -0.25) is 0 Å². The number of rotatable bonds is 8. The van der Waals surface area contributed by atoms with Gasteiger partial charge in [0.1, 0.15) is 0 Å². The molecule has 1 atom stereocenters. The summed E-state index contributed by atoms with van der Waals surface area (Å²) in [5, 5.41) is 12.5. The number of benzene rings is 1. The minimum atomic E-state index is -0.121. The molecule has 1 aromatic rings. The molecular formula is C16H27NOS. The molecule has 1 aromatic carbocycles. The van der Waals surface area contributed by atoms with Crippen molar-refractivity contribution >= 4 is 11.8 Å². The van der Waals surface area contributed by atoms with Crippen LogP contribution in [0.3, 0.4) is 0 Å². The van der Waals surface area contributed by atoms with Gasteiger partial charge in [-0.15, -0.1) is 11.8 Å². The van der Waals surface area contributed by atoms with E-state index < -0.39 is 0 Å². The maximum absolute atomic E-state index is 9.32. The highest BCUT2D eigenvalue weighted by Crippen LogP contribution is 2.25. The SMILES string of the molecule is CNC(C)(CO)CCCCSc1cc(C)ccc1C. The third-order valence-corrected chi connectivity index (χ3v) is 4.92. The second-order valence-electron chi connectivity index (χ2n) is 5.54. The van der Waals surface area contributed by atoms with E-state index in [9.17, 15) is 5.11 Å². The van der Waals surface area contributed by atoms with E-state index in [2.05, 4.69) is 44.3 Å². The molecule has 1 rings (SSSR count). The van der Waals surface area contributed by atoms with Crippen molar-refractivity contribution in [3.63, 3.8) is 0 Å². The van der Waals surface area contributed by atoms with Crippen molar-refractivity contribution in [3.05, 3.63) is 29.3 Å². The van der Waals surface area contributed by atoms with Crippen molar-refractivity contribution in [2.75, 3.05) is 19.4 Å². The molecule has 0 amide bonds. The van der Waals surface area contributed by atoms with E-state index in [0.717, 1.165) is 18.6 Å². The van der Waals surface area contributed by atoms with Crippen LogP contribution in [0.1, 0.15) is 37.3 Å². The molecule has 0 radical (unpaired) electrons. The molecule has 0 aliphatic heterocycles. The molecule has 2 N–H and O–H groups in total. The summed E-state index contributed by atoms with van der Waals surface area (Å²) in [5.41, 5.74) is 2.58. The monoisotopic (exact) mass is 281 g/mol. The molecule has 19 heavy (non-hydrogen) atoms. The molecule has 0 bridgehead atoms. The molecule has 1 unspecified atom stereocenters.